The van der Waals surface area contributed by atoms with E-state index in [2.05, 4.69) is 89.8 Å². The highest BCUT2D eigenvalue weighted by molar-refractivity contribution is 5.82. The summed E-state index contributed by atoms with van der Waals surface area (Å²) < 4.78 is 5.67. The van der Waals surface area contributed by atoms with Gasteiger partial charge in [0.15, 0.2) is 0 Å². The third kappa shape index (κ3) is 9.87. The van der Waals surface area contributed by atoms with Gasteiger partial charge in [-0.1, -0.05) is 78.8 Å². The van der Waals surface area contributed by atoms with Gasteiger partial charge in [0, 0.05) is 43.2 Å². The molecule has 1 aliphatic heterocycles. The summed E-state index contributed by atoms with van der Waals surface area (Å²) in [5.74, 6) is 1.71. The van der Waals surface area contributed by atoms with E-state index in [0.717, 1.165) is 36.1 Å². The van der Waals surface area contributed by atoms with Crippen molar-refractivity contribution in [1.29, 1.82) is 0 Å². The number of amides is 1. The summed E-state index contributed by atoms with van der Waals surface area (Å²) in [5, 5.41) is 37.2. The highest BCUT2D eigenvalue weighted by Crippen LogP contribution is 2.47. The molecule has 52 heavy (non-hydrogen) atoms. The lowest BCUT2D eigenvalue weighted by Crippen LogP contribution is -2.56. The highest BCUT2D eigenvalue weighted by atomic mass is 16.7. The SMILES string of the molecule is COc1cccc(O)c1CN(Cc1cccc(CN2O[C@@H](CO)[C@@H]([C@H](C)O)[C@H]2C(=O)N[C@H]2C[C@@H](C)C(C)(C)[C@@H](C)[C@@H]2C)c1)[C@@H](CC(C)C)CN(C)C. The van der Waals surface area contributed by atoms with Crippen molar-refractivity contribution in [3.63, 3.8) is 0 Å². The quantitative estimate of drug-likeness (QED) is 0.174. The Morgan fingerprint density at radius 3 is 2.37 bits per heavy atom. The largest absolute Gasteiger partial charge is 0.507 e. The van der Waals surface area contributed by atoms with Crippen LogP contribution in [0.15, 0.2) is 42.5 Å². The van der Waals surface area contributed by atoms with E-state index in [1.165, 1.54) is 0 Å². The van der Waals surface area contributed by atoms with E-state index in [1.807, 2.05) is 18.2 Å². The predicted molar refractivity (Wildman–Crippen MR) is 206 cm³/mol. The van der Waals surface area contributed by atoms with Gasteiger partial charge in [0.2, 0.25) is 5.91 Å². The molecule has 2 aromatic carbocycles. The van der Waals surface area contributed by atoms with Crippen molar-refractivity contribution in [3.05, 3.63) is 59.2 Å². The molecule has 1 aliphatic carbocycles. The molecule has 4 rings (SSSR count). The lowest BCUT2D eigenvalue weighted by molar-refractivity contribution is -0.182. The molecule has 1 saturated carbocycles. The van der Waals surface area contributed by atoms with Gasteiger partial charge in [0.1, 0.15) is 23.6 Å². The van der Waals surface area contributed by atoms with Crippen LogP contribution >= 0.6 is 0 Å². The lowest BCUT2D eigenvalue weighted by Gasteiger charge is -2.50. The molecule has 1 heterocycles. The number of hydrogen-bond donors (Lipinski definition) is 4. The third-order valence-electron chi connectivity index (χ3n) is 12.4. The van der Waals surface area contributed by atoms with Gasteiger partial charge in [-0.2, -0.15) is 5.06 Å². The zero-order chi connectivity index (χ0) is 38.5. The van der Waals surface area contributed by atoms with Crippen LogP contribution in [0, 0.1) is 35.0 Å². The normalized spacial score (nSPS) is 27.7. The fourth-order valence-electron chi connectivity index (χ4n) is 8.68. The molecule has 0 radical (unpaired) electrons. The molecule has 0 unspecified atom stereocenters. The van der Waals surface area contributed by atoms with Crippen LogP contribution in [-0.4, -0.2) is 101 Å². The van der Waals surface area contributed by atoms with Crippen LogP contribution in [0.25, 0.3) is 0 Å². The van der Waals surface area contributed by atoms with E-state index < -0.39 is 24.2 Å². The van der Waals surface area contributed by atoms with Crippen molar-refractivity contribution in [2.24, 2.45) is 35.0 Å². The Balaban J connectivity index is 1.62. The van der Waals surface area contributed by atoms with Crippen LogP contribution in [0.3, 0.4) is 0 Å². The number of rotatable bonds is 16. The topological polar surface area (TPSA) is 118 Å². The summed E-state index contributed by atoms with van der Waals surface area (Å²) in [6, 6.07) is 13.1. The number of hydroxylamine groups is 2. The van der Waals surface area contributed by atoms with Gasteiger partial charge in [-0.15, -0.1) is 0 Å². The summed E-state index contributed by atoms with van der Waals surface area (Å²) in [7, 11) is 5.81. The number of phenols is 1. The number of nitrogens with one attached hydrogen (secondary N) is 1. The highest BCUT2D eigenvalue weighted by Gasteiger charge is 2.51. The second kappa shape index (κ2) is 18.1. The molecule has 1 saturated heterocycles. The van der Waals surface area contributed by atoms with Crippen molar-refractivity contribution >= 4 is 5.91 Å². The number of aliphatic hydroxyl groups excluding tert-OH is 2. The Bertz CT molecular complexity index is 1440. The maximum atomic E-state index is 14.3. The van der Waals surface area contributed by atoms with E-state index in [-0.39, 0.29) is 41.7 Å². The molecule has 0 spiro atoms. The van der Waals surface area contributed by atoms with E-state index in [4.69, 9.17) is 9.57 Å². The number of carbonyl (C=O) groups is 1. The minimum Gasteiger partial charge on any atom is -0.507 e. The van der Waals surface area contributed by atoms with Crippen LogP contribution in [0.4, 0.5) is 0 Å². The number of benzene rings is 2. The maximum absolute atomic E-state index is 14.3. The number of phenolic OH excluding ortho intramolecular Hbond substituents is 1. The smallest absolute Gasteiger partial charge is 0.240 e. The summed E-state index contributed by atoms with van der Waals surface area (Å²) in [4.78, 5) is 25.2. The monoisotopic (exact) mass is 725 g/mol. The molecule has 10 nitrogen and oxygen atoms in total. The first kappa shape index (κ1) is 42.0. The van der Waals surface area contributed by atoms with Gasteiger partial charge in [-0.3, -0.25) is 14.5 Å². The fraction of sp³-hybridized carbons (Fsp3) is 0.690. The molecule has 0 bridgehead atoms. The average molecular weight is 725 g/mol. The van der Waals surface area contributed by atoms with Crippen LogP contribution in [0.1, 0.15) is 84.9 Å². The Kier molecular flexibility index (Phi) is 14.6. The van der Waals surface area contributed by atoms with E-state index in [0.29, 0.717) is 43.1 Å². The summed E-state index contributed by atoms with van der Waals surface area (Å²) >= 11 is 0. The number of nitrogens with zero attached hydrogens (tertiary/aromatic N) is 3. The molecule has 292 valence electrons. The van der Waals surface area contributed by atoms with Gasteiger partial charge in [-0.25, -0.2) is 0 Å². The first-order valence-corrected chi connectivity index (χ1v) is 19.3. The Labute approximate surface area is 313 Å². The van der Waals surface area contributed by atoms with Crippen molar-refractivity contribution in [3.8, 4) is 11.5 Å². The number of carbonyl (C=O) groups excluding carboxylic acids is 1. The van der Waals surface area contributed by atoms with Gasteiger partial charge >= 0.3 is 0 Å². The molecule has 9 atom stereocenters. The zero-order valence-corrected chi connectivity index (χ0v) is 33.7. The molecular weight excluding hydrogens is 656 g/mol. The first-order chi connectivity index (χ1) is 24.5. The maximum Gasteiger partial charge on any atom is 0.240 e. The third-order valence-corrected chi connectivity index (χ3v) is 12.4. The number of methoxy groups -OCH3 is 1. The molecule has 2 fully saturated rings. The Morgan fingerprint density at radius 1 is 1.08 bits per heavy atom. The fourth-order valence-corrected chi connectivity index (χ4v) is 8.68. The van der Waals surface area contributed by atoms with Crippen LogP contribution in [0.5, 0.6) is 11.5 Å². The van der Waals surface area contributed by atoms with Gasteiger partial charge in [0.25, 0.3) is 0 Å². The summed E-state index contributed by atoms with van der Waals surface area (Å²) in [5.41, 5.74) is 2.98. The zero-order valence-electron chi connectivity index (χ0n) is 33.7. The second-order valence-electron chi connectivity index (χ2n) is 17.1. The van der Waals surface area contributed by atoms with Crippen molar-refractivity contribution in [1.82, 2.24) is 20.2 Å². The van der Waals surface area contributed by atoms with Crippen LogP contribution in [-0.2, 0) is 29.3 Å². The van der Waals surface area contributed by atoms with E-state index >= 15 is 0 Å². The number of ether oxygens (including phenoxy) is 1. The molecule has 10 heteroatoms. The minimum atomic E-state index is -0.862. The Morgan fingerprint density at radius 2 is 1.75 bits per heavy atom. The molecule has 0 aromatic heterocycles. The molecule has 2 aromatic rings. The van der Waals surface area contributed by atoms with Crippen LogP contribution < -0.4 is 10.1 Å². The molecule has 2 aliphatic rings. The van der Waals surface area contributed by atoms with E-state index in [9.17, 15) is 20.1 Å². The molecule has 4 N–H and O–H groups in total. The van der Waals surface area contributed by atoms with Gasteiger partial charge in [-0.05, 0) is 86.2 Å². The van der Waals surface area contributed by atoms with Crippen LogP contribution in [0.2, 0.25) is 0 Å². The second-order valence-corrected chi connectivity index (χ2v) is 17.1. The number of aliphatic hydroxyl groups is 2. The minimum absolute atomic E-state index is 0.00753. The number of likely N-dealkylation sites (N-methyl/N-ethyl adjacent to an activating group) is 1. The average Bonchev–Trinajstić information content (AvgIpc) is 3.45. The number of hydrogen-bond acceptors (Lipinski definition) is 9. The van der Waals surface area contributed by atoms with E-state index in [1.54, 1.807) is 31.2 Å². The van der Waals surface area contributed by atoms with Crippen molar-refractivity contribution in [2.45, 2.75) is 118 Å². The predicted octanol–water partition coefficient (Wildman–Crippen LogP) is 5.68. The van der Waals surface area contributed by atoms with Crippen molar-refractivity contribution in [2.75, 3.05) is 34.4 Å². The Hall–Kier alpha value is -2.73. The summed E-state index contributed by atoms with van der Waals surface area (Å²) in [6.07, 6.45) is 0.298. The standard InChI is InChI=1S/C42H68N4O6/c1-26(2)18-33(23-44(9)10)45(24-34-36(49)16-13-17-37(34)51-11)21-31-14-12-15-32(20-31)22-46-40(39(30(6)48)38(25-47)52-46)41(50)43-35-19-27(3)42(7,8)29(5)28(35)4/h12-17,20,26-30,33,35,38-40,47-49H,18-19,21-25H2,1-11H3,(H,43,50)/t27-,28+,29+,30+,33+,35+,38+,39-,40+/m1/s1. The van der Waals surface area contributed by atoms with Crippen molar-refractivity contribution < 1.29 is 29.7 Å². The number of aromatic hydroxyl groups is 1. The lowest BCUT2D eigenvalue weighted by atomic mass is 9.58. The first-order valence-electron chi connectivity index (χ1n) is 19.3. The summed E-state index contributed by atoms with van der Waals surface area (Å²) in [6.45, 7) is 19.6. The van der Waals surface area contributed by atoms with Gasteiger partial charge in [0.05, 0.1) is 26.4 Å². The molecular formula is C42H68N4O6. The molecule has 1 amide bonds. The van der Waals surface area contributed by atoms with Gasteiger partial charge < -0.3 is 30.3 Å².